The van der Waals surface area contributed by atoms with E-state index in [0.29, 0.717) is 47.5 Å². The second-order valence-electron chi connectivity index (χ2n) is 6.44. The Morgan fingerprint density at radius 2 is 1.83 bits per heavy atom. The number of rotatable bonds is 8. The molecule has 3 rings (SSSR count). The lowest BCUT2D eigenvalue weighted by Crippen LogP contribution is -2.37. The Hall–Kier alpha value is -2.36. The zero-order chi connectivity index (χ0) is 20.3. The molecule has 0 aliphatic carbocycles. The summed E-state index contributed by atoms with van der Waals surface area (Å²) in [5, 5.41) is 4.83. The highest BCUT2D eigenvalue weighted by atomic mass is 35.5. The molecule has 0 aliphatic rings. The van der Waals surface area contributed by atoms with Crippen molar-refractivity contribution >= 4 is 45.0 Å². The summed E-state index contributed by atoms with van der Waals surface area (Å²) < 4.78 is 13.5. The number of aryl methyl sites for hydroxylation is 1. The van der Waals surface area contributed by atoms with Gasteiger partial charge in [0.25, 0.3) is 5.91 Å². The molecule has 0 spiro atoms. The number of ether oxygens (including phenoxy) is 2. The van der Waals surface area contributed by atoms with Gasteiger partial charge in [-0.25, -0.2) is 4.98 Å². The molecule has 0 atom stereocenters. The molecule has 10 heteroatoms. The van der Waals surface area contributed by atoms with E-state index in [1.807, 2.05) is 38.1 Å². The Kier molecular flexibility index (Phi) is 7.83. The molecule has 0 saturated heterocycles. The third-order valence-electron chi connectivity index (χ3n) is 4.38. The summed E-state index contributed by atoms with van der Waals surface area (Å²) >= 11 is 1.42. The van der Waals surface area contributed by atoms with E-state index in [9.17, 15) is 4.79 Å². The zero-order valence-corrected chi connectivity index (χ0v) is 18.8. The number of carbonyl (C=O) groups excluding carboxylic acids is 1. The van der Waals surface area contributed by atoms with Gasteiger partial charge in [-0.1, -0.05) is 11.3 Å². The molecule has 0 unspecified atom stereocenters. The van der Waals surface area contributed by atoms with E-state index in [1.54, 1.807) is 36.1 Å². The lowest BCUT2D eigenvalue weighted by atomic mass is 10.3. The number of methoxy groups -OCH3 is 2. The Labute approximate surface area is 180 Å². The van der Waals surface area contributed by atoms with Gasteiger partial charge in [0.2, 0.25) is 0 Å². The normalized spacial score (nSPS) is 10.8. The standard InChI is InChI=1S/C19H25N5O3S.ClH/c1-6-24-13(9-10-20-24)18(25)23(12-11-22(2)3)19-21-16-14(26-4)7-8-15(27-5)17(16)28-19;/h7-10H,6,11-12H2,1-5H3;1H. The summed E-state index contributed by atoms with van der Waals surface area (Å²) in [6.07, 6.45) is 1.64. The summed E-state index contributed by atoms with van der Waals surface area (Å²) in [6, 6.07) is 5.41. The van der Waals surface area contributed by atoms with Crippen molar-refractivity contribution in [3.63, 3.8) is 0 Å². The minimum atomic E-state index is -0.127. The Balaban J connectivity index is 0.00000300. The number of hydrogen-bond acceptors (Lipinski definition) is 7. The summed E-state index contributed by atoms with van der Waals surface area (Å²) in [7, 11) is 7.18. The van der Waals surface area contributed by atoms with Gasteiger partial charge in [0, 0.05) is 25.8 Å². The summed E-state index contributed by atoms with van der Waals surface area (Å²) in [5.41, 5.74) is 1.23. The molecule has 8 nitrogen and oxygen atoms in total. The molecule has 0 aliphatic heterocycles. The van der Waals surface area contributed by atoms with Crippen molar-refractivity contribution < 1.29 is 14.3 Å². The van der Waals surface area contributed by atoms with Crippen molar-refractivity contribution in [2.75, 3.05) is 46.3 Å². The number of likely N-dealkylation sites (N-methyl/N-ethyl adjacent to an activating group) is 1. The Bertz CT molecular complexity index is 931. The minimum absolute atomic E-state index is 0. The van der Waals surface area contributed by atoms with E-state index in [4.69, 9.17) is 14.5 Å². The molecule has 3 aromatic rings. The number of benzene rings is 1. The molecular formula is C19H26ClN5O3S. The Morgan fingerprint density at radius 3 is 2.45 bits per heavy atom. The largest absolute Gasteiger partial charge is 0.495 e. The van der Waals surface area contributed by atoms with Crippen LogP contribution in [-0.2, 0) is 6.54 Å². The predicted molar refractivity (Wildman–Crippen MR) is 118 cm³/mol. The molecule has 158 valence electrons. The van der Waals surface area contributed by atoms with Crippen LogP contribution < -0.4 is 14.4 Å². The molecule has 29 heavy (non-hydrogen) atoms. The summed E-state index contributed by atoms with van der Waals surface area (Å²) in [6.45, 7) is 3.79. The first-order valence-corrected chi connectivity index (χ1v) is 9.81. The monoisotopic (exact) mass is 439 g/mol. The molecule has 2 heterocycles. The molecule has 0 radical (unpaired) electrons. The van der Waals surface area contributed by atoms with Crippen LogP contribution in [-0.4, -0.2) is 67.0 Å². The first-order chi connectivity index (χ1) is 13.5. The molecule has 1 amide bonds. The van der Waals surface area contributed by atoms with Gasteiger partial charge < -0.3 is 14.4 Å². The van der Waals surface area contributed by atoms with Crippen molar-refractivity contribution in [1.82, 2.24) is 19.7 Å². The first-order valence-electron chi connectivity index (χ1n) is 9.00. The van der Waals surface area contributed by atoms with E-state index in [2.05, 4.69) is 5.10 Å². The second kappa shape index (κ2) is 9.91. The van der Waals surface area contributed by atoms with Crippen LogP contribution in [0.2, 0.25) is 0 Å². The maximum atomic E-state index is 13.3. The maximum Gasteiger partial charge on any atom is 0.278 e. The van der Waals surface area contributed by atoms with Crippen LogP contribution in [0.15, 0.2) is 24.4 Å². The second-order valence-corrected chi connectivity index (χ2v) is 7.41. The number of nitrogens with zero attached hydrogens (tertiary/aromatic N) is 5. The van der Waals surface area contributed by atoms with Gasteiger partial charge in [-0.3, -0.25) is 14.4 Å². The molecule has 0 saturated carbocycles. The molecule has 1 aromatic carbocycles. The lowest BCUT2D eigenvalue weighted by Gasteiger charge is -2.22. The highest BCUT2D eigenvalue weighted by Gasteiger charge is 2.25. The third kappa shape index (κ3) is 4.63. The fourth-order valence-corrected chi connectivity index (χ4v) is 3.98. The predicted octanol–water partition coefficient (Wildman–Crippen LogP) is 3.16. The van der Waals surface area contributed by atoms with E-state index >= 15 is 0 Å². The average Bonchev–Trinajstić information content (AvgIpc) is 3.33. The van der Waals surface area contributed by atoms with Crippen molar-refractivity contribution in [3.8, 4) is 11.5 Å². The van der Waals surface area contributed by atoms with Crippen LogP contribution in [0.1, 0.15) is 17.4 Å². The highest BCUT2D eigenvalue weighted by Crippen LogP contribution is 2.40. The van der Waals surface area contributed by atoms with Crippen molar-refractivity contribution in [2.24, 2.45) is 0 Å². The smallest absolute Gasteiger partial charge is 0.278 e. The topological polar surface area (TPSA) is 72.7 Å². The number of anilines is 1. The molecule has 0 bridgehead atoms. The maximum absolute atomic E-state index is 13.3. The number of aromatic nitrogens is 3. The van der Waals surface area contributed by atoms with Crippen LogP contribution in [0.5, 0.6) is 11.5 Å². The fourth-order valence-electron chi connectivity index (χ4n) is 2.88. The van der Waals surface area contributed by atoms with Crippen LogP contribution in [0.3, 0.4) is 0 Å². The molecular weight excluding hydrogens is 414 g/mol. The van der Waals surface area contributed by atoms with E-state index in [0.717, 1.165) is 4.70 Å². The number of hydrogen-bond donors (Lipinski definition) is 0. The summed E-state index contributed by atoms with van der Waals surface area (Å²) in [5.74, 6) is 1.23. The van der Waals surface area contributed by atoms with Crippen molar-refractivity contribution in [3.05, 3.63) is 30.1 Å². The minimum Gasteiger partial charge on any atom is -0.495 e. The number of halogens is 1. The number of carbonyl (C=O) groups is 1. The number of fused-ring (bicyclic) bond motifs is 1. The molecule has 0 fully saturated rings. The molecule has 0 N–H and O–H groups in total. The third-order valence-corrected chi connectivity index (χ3v) is 5.47. The zero-order valence-electron chi connectivity index (χ0n) is 17.2. The van der Waals surface area contributed by atoms with Gasteiger partial charge in [-0.15, -0.1) is 12.4 Å². The van der Waals surface area contributed by atoms with Crippen LogP contribution in [0.4, 0.5) is 5.13 Å². The first kappa shape index (κ1) is 22.9. The molecule has 2 aromatic heterocycles. The lowest BCUT2D eigenvalue weighted by molar-refractivity contribution is 0.0975. The van der Waals surface area contributed by atoms with Crippen molar-refractivity contribution in [2.45, 2.75) is 13.5 Å². The quantitative estimate of drug-likeness (QED) is 0.536. The fraction of sp³-hybridized carbons (Fsp3) is 0.421. The number of thiazole rings is 1. The highest BCUT2D eigenvalue weighted by molar-refractivity contribution is 7.22. The van der Waals surface area contributed by atoms with Crippen LogP contribution in [0.25, 0.3) is 10.2 Å². The van der Waals surface area contributed by atoms with Gasteiger partial charge in [0.1, 0.15) is 27.4 Å². The van der Waals surface area contributed by atoms with Gasteiger partial charge in [-0.05, 0) is 39.2 Å². The van der Waals surface area contributed by atoms with E-state index in [-0.39, 0.29) is 18.3 Å². The number of amides is 1. The van der Waals surface area contributed by atoms with Crippen molar-refractivity contribution in [1.29, 1.82) is 0 Å². The van der Waals surface area contributed by atoms with Gasteiger partial charge >= 0.3 is 0 Å². The van der Waals surface area contributed by atoms with E-state index < -0.39 is 0 Å². The average molecular weight is 440 g/mol. The van der Waals surface area contributed by atoms with E-state index in [1.165, 1.54) is 11.3 Å². The Morgan fingerprint density at radius 1 is 1.14 bits per heavy atom. The summed E-state index contributed by atoms with van der Waals surface area (Å²) in [4.78, 5) is 21.8. The van der Waals surface area contributed by atoms with Crippen LogP contribution >= 0.6 is 23.7 Å². The van der Waals surface area contributed by atoms with Gasteiger partial charge in [0.15, 0.2) is 5.13 Å². The van der Waals surface area contributed by atoms with Gasteiger partial charge in [-0.2, -0.15) is 5.10 Å². The SMILES string of the molecule is CCn1nccc1C(=O)N(CCN(C)C)c1nc2c(OC)ccc(OC)c2s1.Cl. The van der Waals surface area contributed by atoms with Crippen LogP contribution in [0, 0.1) is 0 Å². The van der Waals surface area contributed by atoms with Gasteiger partial charge in [0.05, 0.1) is 14.2 Å².